The van der Waals surface area contributed by atoms with Gasteiger partial charge >= 0.3 is 11.9 Å². The molecule has 12 heteroatoms. The smallest absolute Gasteiger partial charge is 0.335 e. The molecule has 0 aliphatic heterocycles. The topological polar surface area (TPSA) is 224 Å². The Kier molecular flexibility index (Phi) is 6.31. The Morgan fingerprint density at radius 3 is 1.10 bits per heavy atom. The van der Waals surface area contributed by atoms with Crippen molar-refractivity contribution in [2.45, 2.75) is 0 Å². The van der Waals surface area contributed by atoms with Crippen LogP contribution in [0.2, 0.25) is 0 Å². The van der Waals surface area contributed by atoms with Gasteiger partial charge in [0, 0.05) is 22.3 Å². The highest BCUT2D eigenvalue weighted by Crippen LogP contribution is 2.38. The van der Waals surface area contributed by atoms with Crippen LogP contribution in [0.3, 0.4) is 0 Å². The maximum Gasteiger partial charge on any atom is 0.335 e. The normalized spacial score (nSPS) is 12.8. The molecule has 0 aromatic heterocycles. The van der Waals surface area contributed by atoms with Crippen LogP contribution >= 0.6 is 0 Å². The highest BCUT2D eigenvalue weighted by Gasteiger charge is 2.36. The van der Waals surface area contributed by atoms with Crippen molar-refractivity contribution in [2.24, 2.45) is 0 Å². The Balaban J connectivity index is 0.000000168. The van der Waals surface area contributed by atoms with E-state index in [2.05, 4.69) is 0 Å². The lowest BCUT2D eigenvalue weighted by Gasteiger charge is -2.19. The van der Waals surface area contributed by atoms with Crippen LogP contribution in [0, 0.1) is 0 Å². The summed E-state index contributed by atoms with van der Waals surface area (Å²) in [5, 5.41) is 57.2. The van der Waals surface area contributed by atoms with Gasteiger partial charge in [-0.2, -0.15) is 0 Å². The van der Waals surface area contributed by atoms with E-state index < -0.39 is 46.6 Å². The number of carboxylic acid groups (broad SMARTS) is 2. The lowest BCUT2D eigenvalue weighted by Crippen LogP contribution is -2.22. The van der Waals surface area contributed by atoms with Gasteiger partial charge in [-0.15, -0.1) is 0 Å². The van der Waals surface area contributed by atoms with Crippen molar-refractivity contribution in [1.82, 2.24) is 0 Å². The molecule has 0 amide bonds. The van der Waals surface area contributed by atoms with Crippen molar-refractivity contribution in [2.75, 3.05) is 0 Å². The Hall–Kier alpha value is -6.30. The fourth-order valence-electron chi connectivity index (χ4n) is 4.81. The van der Waals surface area contributed by atoms with Crippen LogP contribution in [0.4, 0.5) is 0 Å². The van der Waals surface area contributed by atoms with E-state index in [4.69, 9.17) is 10.2 Å². The first-order chi connectivity index (χ1) is 19.8. The van der Waals surface area contributed by atoms with Gasteiger partial charge in [0.1, 0.15) is 23.0 Å². The Morgan fingerprint density at radius 1 is 0.429 bits per heavy atom. The average molecular weight is 568 g/mol. The van der Waals surface area contributed by atoms with Gasteiger partial charge in [0.15, 0.2) is 11.6 Å². The molecule has 0 spiro atoms. The number of phenols is 4. The zero-order valence-corrected chi connectivity index (χ0v) is 20.9. The standard InChI is InChI=1S/2C15H8O6/c2*16-9-3-1-2-7-11(9)14(19)12-8(13(7)18)4-6(15(20)21)5-10(12)17/h2*1-5,16-17H,(H,20,21). The zero-order valence-electron chi connectivity index (χ0n) is 20.9. The Bertz CT molecular complexity index is 1810. The molecule has 6 rings (SSSR count). The predicted molar refractivity (Wildman–Crippen MR) is 140 cm³/mol. The highest BCUT2D eigenvalue weighted by atomic mass is 16.4. The number of ketones is 4. The molecule has 0 heterocycles. The van der Waals surface area contributed by atoms with Crippen molar-refractivity contribution in [1.29, 1.82) is 0 Å². The number of hydrogen-bond donors (Lipinski definition) is 6. The number of fused-ring (bicyclic) bond motifs is 4. The number of phenolic OH excluding ortho intramolecular Hbond substituents is 4. The highest BCUT2D eigenvalue weighted by molar-refractivity contribution is 6.31. The van der Waals surface area contributed by atoms with Crippen molar-refractivity contribution in [3.05, 3.63) is 116 Å². The molecule has 0 fully saturated rings. The molecule has 208 valence electrons. The zero-order chi connectivity index (χ0) is 30.6. The summed E-state index contributed by atoms with van der Waals surface area (Å²) in [5.74, 6) is -7.24. The molecular weight excluding hydrogens is 552 g/mol. The number of carbonyl (C=O) groups excluding carboxylic acids is 4. The van der Waals surface area contributed by atoms with Gasteiger partial charge in [0.05, 0.1) is 33.4 Å². The summed E-state index contributed by atoms with van der Waals surface area (Å²) in [5.41, 5.74) is -1.96. The van der Waals surface area contributed by atoms with Crippen LogP contribution in [-0.4, -0.2) is 65.7 Å². The van der Waals surface area contributed by atoms with Crippen molar-refractivity contribution >= 4 is 35.1 Å². The third kappa shape index (κ3) is 4.10. The van der Waals surface area contributed by atoms with Crippen molar-refractivity contribution in [3.8, 4) is 23.0 Å². The second kappa shape index (κ2) is 9.71. The van der Waals surface area contributed by atoms with Crippen molar-refractivity contribution < 1.29 is 59.4 Å². The van der Waals surface area contributed by atoms with Crippen LogP contribution in [0.5, 0.6) is 23.0 Å². The molecule has 0 bridgehead atoms. The summed E-state index contributed by atoms with van der Waals surface area (Å²) in [6.07, 6.45) is 0. The number of carboxylic acids is 2. The first-order valence-corrected chi connectivity index (χ1v) is 11.9. The number of aromatic carboxylic acids is 2. The first kappa shape index (κ1) is 27.3. The lowest BCUT2D eigenvalue weighted by molar-refractivity contribution is 0.0685. The molecule has 6 N–H and O–H groups in total. The lowest BCUT2D eigenvalue weighted by atomic mass is 9.82. The fraction of sp³-hybridized carbons (Fsp3) is 0. The van der Waals surface area contributed by atoms with Gasteiger partial charge in [-0.3, -0.25) is 19.2 Å². The monoisotopic (exact) mass is 568 g/mol. The minimum atomic E-state index is -1.32. The van der Waals surface area contributed by atoms with Gasteiger partial charge in [-0.25, -0.2) is 9.59 Å². The molecule has 12 nitrogen and oxygen atoms in total. The maximum atomic E-state index is 12.4. The number of hydrogen-bond acceptors (Lipinski definition) is 10. The molecule has 4 aromatic carbocycles. The minimum absolute atomic E-state index is 0.0190. The molecule has 0 atom stereocenters. The van der Waals surface area contributed by atoms with Crippen LogP contribution < -0.4 is 0 Å². The number of benzene rings is 4. The number of rotatable bonds is 2. The van der Waals surface area contributed by atoms with Gasteiger partial charge in [0.2, 0.25) is 11.6 Å². The van der Waals surface area contributed by atoms with E-state index in [0.29, 0.717) is 0 Å². The second-order valence-electron chi connectivity index (χ2n) is 9.16. The molecule has 0 unspecified atom stereocenters. The predicted octanol–water partition coefficient (Wildman–Crippen LogP) is 3.14. The summed E-state index contributed by atoms with van der Waals surface area (Å²) in [6, 6.07) is 12.0. The van der Waals surface area contributed by atoms with E-state index in [1.54, 1.807) is 0 Å². The van der Waals surface area contributed by atoms with E-state index in [1.165, 1.54) is 36.4 Å². The number of aromatic hydroxyl groups is 4. The molecule has 2 aliphatic carbocycles. The summed E-state index contributed by atoms with van der Waals surface area (Å²) < 4.78 is 0. The van der Waals surface area contributed by atoms with E-state index in [1.807, 2.05) is 0 Å². The number of carbonyl (C=O) groups is 6. The fourth-order valence-corrected chi connectivity index (χ4v) is 4.81. The quantitative estimate of drug-likeness (QED) is 0.177. The SMILES string of the molecule is O=C(O)c1cc(O)c2c(c1)C(=O)c1cccc(O)c1C2=O.O=C(O)c1cc(O)c2c(c1)C(=O)c1cccc(O)c1C2=O. The second-order valence-corrected chi connectivity index (χ2v) is 9.16. The molecule has 0 radical (unpaired) electrons. The van der Waals surface area contributed by atoms with E-state index in [0.717, 1.165) is 24.3 Å². The van der Waals surface area contributed by atoms with E-state index >= 15 is 0 Å². The first-order valence-electron chi connectivity index (χ1n) is 11.9. The van der Waals surface area contributed by atoms with Gasteiger partial charge in [-0.05, 0) is 36.4 Å². The molecule has 4 aromatic rings. The van der Waals surface area contributed by atoms with Gasteiger partial charge < -0.3 is 30.6 Å². The average Bonchev–Trinajstić information content (AvgIpc) is 2.93. The van der Waals surface area contributed by atoms with E-state index in [9.17, 15) is 49.2 Å². The molecule has 2 aliphatic rings. The van der Waals surface area contributed by atoms with Gasteiger partial charge in [-0.1, -0.05) is 24.3 Å². The van der Waals surface area contributed by atoms with E-state index in [-0.39, 0.29) is 67.1 Å². The maximum absolute atomic E-state index is 12.4. The minimum Gasteiger partial charge on any atom is -0.507 e. The van der Waals surface area contributed by atoms with Crippen LogP contribution in [0.1, 0.15) is 84.4 Å². The third-order valence-electron chi connectivity index (χ3n) is 6.70. The summed E-state index contributed by atoms with van der Waals surface area (Å²) >= 11 is 0. The Labute approximate surface area is 234 Å². The van der Waals surface area contributed by atoms with Crippen LogP contribution in [-0.2, 0) is 0 Å². The Morgan fingerprint density at radius 2 is 0.762 bits per heavy atom. The largest absolute Gasteiger partial charge is 0.507 e. The van der Waals surface area contributed by atoms with Crippen LogP contribution in [0.25, 0.3) is 0 Å². The molecule has 42 heavy (non-hydrogen) atoms. The molecule has 0 saturated heterocycles. The van der Waals surface area contributed by atoms with Crippen LogP contribution in [0.15, 0.2) is 60.7 Å². The third-order valence-corrected chi connectivity index (χ3v) is 6.70. The summed E-state index contributed by atoms with van der Waals surface area (Å²) in [7, 11) is 0. The molecule has 0 saturated carbocycles. The van der Waals surface area contributed by atoms with Gasteiger partial charge in [0.25, 0.3) is 0 Å². The summed E-state index contributed by atoms with van der Waals surface area (Å²) in [6.45, 7) is 0. The van der Waals surface area contributed by atoms with Crippen molar-refractivity contribution in [3.63, 3.8) is 0 Å². The molecular formula is C30H16O12. The summed E-state index contributed by atoms with van der Waals surface area (Å²) in [4.78, 5) is 71.4.